The summed E-state index contributed by atoms with van der Waals surface area (Å²) in [6.07, 6.45) is 4.34. The Balaban J connectivity index is 2.41. The number of ketones is 1. The molecule has 5 nitrogen and oxygen atoms in total. The number of methoxy groups -OCH3 is 2. The third kappa shape index (κ3) is 5.01. The van der Waals surface area contributed by atoms with Crippen molar-refractivity contribution in [3.8, 4) is 0 Å². The maximum Gasteiger partial charge on any atom is 0.305 e. The van der Waals surface area contributed by atoms with Crippen LogP contribution in [0.2, 0.25) is 0 Å². The monoisotopic (exact) mass is 270 g/mol. The zero-order chi connectivity index (χ0) is 14.3. The van der Waals surface area contributed by atoms with Crippen LogP contribution >= 0.6 is 0 Å². The Morgan fingerprint density at radius 2 is 1.42 bits per heavy atom. The predicted octanol–water partition coefficient (Wildman–Crippen LogP) is 1.88. The van der Waals surface area contributed by atoms with E-state index in [-0.39, 0.29) is 42.4 Å². The molecule has 1 aliphatic carbocycles. The standard InChI is InChI=1S/C14H22O5/c1-18-12(15)8-6-10-4-3-5-11(14(10)17)7-9-13(16)19-2/h10-11H,3-9H2,1-2H3/t10-,11-/m0/s1. The summed E-state index contributed by atoms with van der Waals surface area (Å²) >= 11 is 0. The maximum atomic E-state index is 12.2. The fourth-order valence-corrected chi connectivity index (χ4v) is 2.59. The molecule has 0 saturated heterocycles. The molecule has 0 aliphatic heterocycles. The summed E-state index contributed by atoms with van der Waals surface area (Å²) in [5, 5.41) is 0. The van der Waals surface area contributed by atoms with Crippen molar-refractivity contribution >= 4 is 17.7 Å². The van der Waals surface area contributed by atoms with Gasteiger partial charge in [-0.1, -0.05) is 6.42 Å². The van der Waals surface area contributed by atoms with Crippen molar-refractivity contribution in [1.29, 1.82) is 0 Å². The predicted molar refractivity (Wildman–Crippen MR) is 68.3 cm³/mol. The molecule has 0 unspecified atom stereocenters. The van der Waals surface area contributed by atoms with E-state index in [1.54, 1.807) is 0 Å². The fourth-order valence-electron chi connectivity index (χ4n) is 2.59. The Morgan fingerprint density at radius 1 is 1.00 bits per heavy atom. The smallest absolute Gasteiger partial charge is 0.305 e. The summed E-state index contributed by atoms with van der Waals surface area (Å²) in [6.45, 7) is 0. The molecule has 1 saturated carbocycles. The first-order valence-electron chi connectivity index (χ1n) is 6.75. The minimum atomic E-state index is -0.274. The number of esters is 2. The number of hydrogen-bond acceptors (Lipinski definition) is 5. The Hall–Kier alpha value is -1.39. The van der Waals surface area contributed by atoms with E-state index in [1.807, 2.05) is 0 Å². The minimum Gasteiger partial charge on any atom is -0.469 e. The highest BCUT2D eigenvalue weighted by Gasteiger charge is 2.31. The third-order valence-electron chi connectivity index (χ3n) is 3.76. The first-order chi connectivity index (χ1) is 9.08. The van der Waals surface area contributed by atoms with Gasteiger partial charge in [0, 0.05) is 24.7 Å². The van der Waals surface area contributed by atoms with Gasteiger partial charge in [-0.2, -0.15) is 0 Å². The van der Waals surface area contributed by atoms with Gasteiger partial charge in [-0.25, -0.2) is 0 Å². The molecule has 1 fully saturated rings. The van der Waals surface area contributed by atoms with Crippen molar-refractivity contribution < 1.29 is 23.9 Å². The van der Waals surface area contributed by atoms with E-state index < -0.39 is 0 Å². The lowest BCUT2D eigenvalue weighted by atomic mass is 9.76. The van der Waals surface area contributed by atoms with Crippen LogP contribution in [0.15, 0.2) is 0 Å². The van der Waals surface area contributed by atoms with Crippen LogP contribution in [0.1, 0.15) is 44.9 Å². The lowest BCUT2D eigenvalue weighted by molar-refractivity contribution is -0.141. The normalized spacial score (nSPS) is 22.9. The highest BCUT2D eigenvalue weighted by molar-refractivity contribution is 5.85. The number of ether oxygens (including phenoxy) is 2. The molecule has 19 heavy (non-hydrogen) atoms. The van der Waals surface area contributed by atoms with E-state index in [0.29, 0.717) is 12.8 Å². The number of carbonyl (C=O) groups excluding carboxylic acids is 3. The first kappa shape index (κ1) is 15.7. The van der Waals surface area contributed by atoms with Crippen molar-refractivity contribution in [3.05, 3.63) is 0 Å². The first-order valence-corrected chi connectivity index (χ1v) is 6.75. The van der Waals surface area contributed by atoms with E-state index in [4.69, 9.17) is 0 Å². The molecular formula is C14H22O5. The summed E-state index contributed by atoms with van der Waals surface area (Å²) in [4.78, 5) is 34.4. The topological polar surface area (TPSA) is 69.7 Å². The summed E-state index contributed by atoms with van der Waals surface area (Å²) in [6, 6.07) is 0. The molecule has 0 aromatic heterocycles. The maximum absolute atomic E-state index is 12.2. The zero-order valence-electron chi connectivity index (χ0n) is 11.6. The van der Waals surface area contributed by atoms with Gasteiger partial charge in [-0.3, -0.25) is 14.4 Å². The molecule has 0 radical (unpaired) electrons. The van der Waals surface area contributed by atoms with Gasteiger partial charge in [0.05, 0.1) is 14.2 Å². The quantitative estimate of drug-likeness (QED) is 0.689. The molecular weight excluding hydrogens is 248 g/mol. The van der Waals surface area contributed by atoms with E-state index in [1.165, 1.54) is 14.2 Å². The van der Waals surface area contributed by atoms with Gasteiger partial charge >= 0.3 is 11.9 Å². The van der Waals surface area contributed by atoms with E-state index in [0.717, 1.165) is 19.3 Å². The van der Waals surface area contributed by atoms with Crippen molar-refractivity contribution in [3.63, 3.8) is 0 Å². The lowest BCUT2D eigenvalue weighted by Crippen LogP contribution is -2.29. The zero-order valence-corrected chi connectivity index (χ0v) is 11.6. The van der Waals surface area contributed by atoms with Gasteiger partial charge in [0.25, 0.3) is 0 Å². The largest absolute Gasteiger partial charge is 0.469 e. The van der Waals surface area contributed by atoms with Crippen LogP contribution < -0.4 is 0 Å². The number of hydrogen-bond donors (Lipinski definition) is 0. The van der Waals surface area contributed by atoms with Crippen LogP contribution in [0.4, 0.5) is 0 Å². The average molecular weight is 270 g/mol. The van der Waals surface area contributed by atoms with Gasteiger partial charge in [-0.05, 0) is 25.7 Å². The number of Topliss-reactive ketones (excluding diaryl/α,β-unsaturated/α-hetero) is 1. The lowest BCUT2D eigenvalue weighted by Gasteiger charge is -2.27. The van der Waals surface area contributed by atoms with Crippen LogP contribution in [0.25, 0.3) is 0 Å². The van der Waals surface area contributed by atoms with Crippen molar-refractivity contribution in [2.75, 3.05) is 14.2 Å². The van der Waals surface area contributed by atoms with Gasteiger partial charge in [0.2, 0.25) is 0 Å². The van der Waals surface area contributed by atoms with Crippen molar-refractivity contribution in [1.82, 2.24) is 0 Å². The van der Waals surface area contributed by atoms with Crippen LogP contribution in [-0.2, 0) is 23.9 Å². The van der Waals surface area contributed by atoms with Crippen LogP contribution in [-0.4, -0.2) is 31.9 Å². The molecule has 0 amide bonds. The van der Waals surface area contributed by atoms with Gasteiger partial charge in [0.15, 0.2) is 0 Å². The van der Waals surface area contributed by atoms with E-state index >= 15 is 0 Å². The SMILES string of the molecule is COC(=O)CC[C@@H]1CCC[C@@H](CCC(=O)OC)C1=O. The Bertz CT molecular complexity index is 307. The third-order valence-corrected chi connectivity index (χ3v) is 3.76. The van der Waals surface area contributed by atoms with Gasteiger partial charge in [0.1, 0.15) is 5.78 Å². The molecule has 0 N–H and O–H groups in total. The molecule has 0 aromatic carbocycles. The second kappa shape index (κ2) is 7.92. The van der Waals surface area contributed by atoms with Crippen molar-refractivity contribution in [2.45, 2.75) is 44.9 Å². The van der Waals surface area contributed by atoms with Gasteiger partial charge in [-0.15, -0.1) is 0 Å². The highest BCUT2D eigenvalue weighted by Crippen LogP contribution is 2.31. The second-order valence-corrected chi connectivity index (χ2v) is 4.96. The van der Waals surface area contributed by atoms with Gasteiger partial charge < -0.3 is 9.47 Å². The Kier molecular flexibility index (Phi) is 6.53. The molecule has 1 aliphatic rings. The van der Waals surface area contributed by atoms with E-state index in [2.05, 4.69) is 9.47 Å². The molecule has 108 valence electrons. The average Bonchev–Trinajstić information content (AvgIpc) is 2.44. The highest BCUT2D eigenvalue weighted by atomic mass is 16.5. The van der Waals surface area contributed by atoms with Crippen LogP contribution in [0.3, 0.4) is 0 Å². The summed E-state index contributed by atoms with van der Waals surface area (Å²) in [7, 11) is 2.70. The Labute approximate surface area is 113 Å². The van der Waals surface area contributed by atoms with Crippen molar-refractivity contribution in [2.24, 2.45) is 11.8 Å². The van der Waals surface area contributed by atoms with E-state index in [9.17, 15) is 14.4 Å². The molecule has 0 heterocycles. The summed E-state index contributed by atoms with van der Waals surface area (Å²) in [5.41, 5.74) is 0. The summed E-state index contributed by atoms with van der Waals surface area (Å²) in [5.74, 6) is -0.473. The molecule has 0 aromatic rings. The minimum absolute atomic E-state index is 0.0597. The second-order valence-electron chi connectivity index (χ2n) is 4.96. The number of rotatable bonds is 6. The molecule has 2 atom stereocenters. The molecule has 5 heteroatoms. The fraction of sp³-hybridized carbons (Fsp3) is 0.786. The Morgan fingerprint density at radius 3 is 1.79 bits per heavy atom. The van der Waals surface area contributed by atoms with Crippen LogP contribution in [0, 0.1) is 11.8 Å². The number of carbonyl (C=O) groups is 3. The molecule has 0 spiro atoms. The summed E-state index contributed by atoms with van der Waals surface area (Å²) < 4.78 is 9.17. The van der Waals surface area contributed by atoms with Crippen LogP contribution in [0.5, 0.6) is 0 Å². The molecule has 0 bridgehead atoms. The molecule has 1 rings (SSSR count).